The van der Waals surface area contributed by atoms with Gasteiger partial charge in [0, 0.05) is 30.6 Å². The fraction of sp³-hybridized carbons (Fsp3) is 0.692. The zero-order chi connectivity index (χ0) is 28.2. The van der Waals surface area contributed by atoms with Crippen LogP contribution in [0.5, 0.6) is 0 Å². The van der Waals surface area contributed by atoms with E-state index in [1.807, 2.05) is 12.2 Å². The Balaban J connectivity index is 0.000000908. The van der Waals surface area contributed by atoms with Gasteiger partial charge in [-0.15, -0.1) is 0 Å². The van der Waals surface area contributed by atoms with E-state index in [0.717, 1.165) is 19.3 Å². The van der Waals surface area contributed by atoms with Gasteiger partial charge < -0.3 is 35.7 Å². The van der Waals surface area contributed by atoms with Gasteiger partial charge in [-0.2, -0.15) is 0 Å². The summed E-state index contributed by atoms with van der Waals surface area (Å²) in [5.74, 6) is -2.52. The number of aliphatic hydroxyl groups excluding tert-OH is 2. The zero-order valence-electron chi connectivity index (χ0n) is 22.0. The van der Waals surface area contributed by atoms with Gasteiger partial charge in [-0.25, -0.2) is 0 Å². The predicted octanol–water partition coefficient (Wildman–Crippen LogP) is -3.60. The highest BCUT2D eigenvalue weighted by Gasteiger charge is 2.39. The first-order valence-corrected chi connectivity index (χ1v) is 13.1. The number of guanidine groups is 1. The maximum absolute atomic E-state index is 12.1. The Hall–Kier alpha value is -2.76. The smallest absolute Gasteiger partial charge is 0.338 e. The summed E-state index contributed by atoms with van der Waals surface area (Å²) >= 11 is 0. The Morgan fingerprint density at radius 3 is 2.46 bits per heavy atom. The van der Waals surface area contributed by atoms with Crippen LogP contribution in [0.25, 0.3) is 0 Å². The minimum Gasteiger partial charge on any atom is -0.550 e. The van der Waals surface area contributed by atoms with Crippen LogP contribution in [0.1, 0.15) is 77.6 Å². The molecule has 1 aliphatic rings. The summed E-state index contributed by atoms with van der Waals surface area (Å²) in [4.78, 5) is 35.3. The molecule has 0 radical (unpaired) electrons. The maximum Gasteiger partial charge on any atom is 0.338 e. The standard InChI is InChI=1S/C20H32O5.C6H14N4O2/c1-2-3-6-9-15(21)12-13-17-16(18(22)14-19(17)23)10-7-4-5-8-11-20(24)25;7-4(5(11)12)2-1-3-10-6(8)9/h4,7,12-13,15-17,19,21,23H,2-3,5-6,8-11,14H2,1H3,(H,24,25);4H,1-3,7H2,(H,11,12)(H4,8,9,10)/b7-4-,13-12+;/t15-,16?,17?,19+;4-/m00/s1. The molecule has 1 saturated carbocycles. The molecule has 0 aromatic rings. The maximum atomic E-state index is 12.1. The highest BCUT2D eigenvalue weighted by atomic mass is 16.4. The molecule has 0 spiro atoms. The highest BCUT2D eigenvalue weighted by Crippen LogP contribution is 2.33. The van der Waals surface area contributed by atoms with Gasteiger partial charge in [0.05, 0.1) is 24.7 Å². The molecule has 0 aliphatic heterocycles. The van der Waals surface area contributed by atoms with Crippen molar-refractivity contribution in [3.05, 3.63) is 24.3 Å². The highest BCUT2D eigenvalue weighted by molar-refractivity contribution is 5.84. The normalized spacial score (nSPS) is 21.0. The lowest BCUT2D eigenvalue weighted by Gasteiger charge is -2.16. The van der Waals surface area contributed by atoms with Crippen molar-refractivity contribution in [3.63, 3.8) is 0 Å². The summed E-state index contributed by atoms with van der Waals surface area (Å²) in [6.45, 7) is 2.67. The molecular weight excluding hydrogens is 480 g/mol. The fourth-order valence-corrected chi connectivity index (χ4v) is 3.91. The molecule has 0 aromatic carbocycles. The predicted molar refractivity (Wildman–Crippen MR) is 135 cm³/mol. The van der Waals surface area contributed by atoms with Gasteiger partial charge in [-0.1, -0.05) is 50.5 Å². The van der Waals surface area contributed by atoms with Gasteiger partial charge in [0.2, 0.25) is 0 Å². The number of aliphatic hydroxyl groups is 2. The van der Waals surface area contributed by atoms with Crippen LogP contribution >= 0.6 is 0 Å². The SMILES string of the molecule is CCCCC[C@H](O)/C=C/C1C(C/C=C\CCCC(=O)[O-])C(=O)C[C@H]1O.NC(N)=[NH+]CCC[C@H]([NH3+])C(=O)[O-]. The van der Waals surface area contributed by atoms with Crippen molar-refractivity contribution in [2.75, 3.05) is 6.54 Å². The fourth-order valence-electron chi connectivity index (χ4n) is 3.91. The van der Waals surface area contributed by atoms with Gasteiger partial charge in [0.25, 0.3) is 0 Å². The molecule has 1 aliphatic carbocycles. The van der Waals surface area contributed by atoms with E-state index >= 15 is 0 Å². The lowest BCUT2D eigenvalue weighted by Crippen LogP contribution is -2.78. The molecule has 0 amide bonds. The van der Waals surface area contributed by atoms with Gasteiger partial charge >= 0.3 is 5.96 Å². The summed E-state index contributed by atoms with van der Waals surface area (Å²) < 4.78 is 0. The van der Waals surface area contributed by atoms with E-state index in [1.165, 1.54) is 0 Å². The molecule has 0 bridgehead atoms. The Labute approximate surface area is 219 Å². The van der Waals surface area contributed by atoms with Gasteiger partial charge in [-0.05, 0) is 38.5 Å². The summed E-state index contributed by atoms with van der Waals surface area (Å²) in [7, 11) is 0. The lowest BCUT2D eigenvalue weighted by molar-refractivity contribution is -0.466. The summed E-state index contributed by atoms with van der Waals surface area (Å²) in [5.41, 5.74) is 13.6. The first-order valence-electron chi connectivity index (χ1n) is 13.1. The Kier molecular flexibility index (Phi) is 18.8. The van der Waals surface area contributed by atoms with Gasteiger partial charge in [0.15, 0.2) is 0 Å². The Morgan fingerprint density at radius 1 is 1.16 bits per heavy atom. The molecule has 11 heteroatoms. The first kappa shape index (κ1) is 34.2. The van der Waals surface area contributed by atoms with E-state index in [9.17, 15) is 34.8 Å². The third-order valence-corrected chi connectivity index (χ3v) is 6.09. The number of unbranched alkanes of at least 4 members (excludes halogenated alkanes) is 3. The number of quaternary nitrogens is 1. The van der Waals surface area contributed by atoms with E-state index in [2.05, 4.69) is 17.6 Å². The van der Waals surface area contributed by atoms with E-state index in [0.29, 0.717) is 45.1 Å². The van der Waals surface area contributed by atoms with E-state index in [4.69, 9.17) is 11.5 Å². The lowest BCUT2D eigenvalue weighted by atomic mass is 9.90. The van der Waals surface area contributed by atoms with E-state index in [-0.39, 0.29) is 36.4 Å². The number of Topliss-reactive ketones (excluding diaryl/α,β-unsaturated/α-hetero) is 1. The van der Waals surface area contributed by atoms with Crippen molar-refractivity contribution in [2.24, 2.45) is 23.3 Å². The van der Waals surface area contributed by atoms with Crippen molar-refractivity contribution in [3.8, 4) is 0 Å². The number of aliphatic carboxylic acids is 2. The number of nitrogens with one attached hydrogen (secondary N) is 1. The number of nitrogens with two attached hydrogens (primary N) is 2. The van der Waals surface area contributed by atoms with Gasteiger partial charge in [-0.3, -0.25) is 21.3 Å². The number of allylic oxidation sites excluding steroid dienone is 2. The second-order valence-corrected chi connectivity index (χ2v) is 9.38. The third-order valence-electron chi connectivity index (χ3n) is 6.09. The number of carboxylic acids is 2. The number of carboxylic acid groups (broad SMARTS) is 2. The zero-order valence-corrected chi connectivity index (χ0v) is 22.0. The molecule has 1 fully saturated rings. The number of carbonyl (C=O) groups is 3. The van der Waals surface area contributed by atoms with Crippen molar-refractivity contribution in [1.29, 1.82) is 0 Å². The van der Waals surface area contributed by atoms with Crippen LogP contribution in [0.2, 0.25) is 0 Å². The van der Waals surface area contributed by atoms with Crippen LogP contribution < -0.4 is 32.4 Å². The van der Waals surface area contributed by atoms with Crippen LogP contribution in [0.4, 0.5) is 0 Å². The quantitative estimate of drug-likeness (QED) is 0.0475. The second kappa shape index (κ2) is 20.3. The summed E-state index contributed by atoms with van der Waals surface area (Å²) in [6, 6.07) is -0.661. The molecule has 0 heterocycles. The largest absolute Gasteiger partial charge is 0.550 e. The topological polar surface area (TPSA) is 231 Å². The van der Waals surface area contributed by atoms with Crippen molar-refractivity contribution >= 4 is 23.7 Å². The van der Waals surface area contributed by atoms with Crippen LogP contribution in [-0.4, -0.2) is 58.7 Å². The van der Waals surface area contributed by atoms with Crippen LogP contribution in [-0.2, 0) is 14.4 Å². The average molecular weight is 527 g/mol. The number of hydrogen-bond donors (Lipinski definition) is 6. The molecular formula is C26H46N4O7. The third kappa shape index (κ3) is 17.4. The number of ketones is 1. The molecule has 5 atom stereocenters. The average Bonchev–Trinajstić information content (AvgIpc) is 3.09. The summed E-state index contributed by atoms with van der Waals surface area (Å²) in [5, 5.41) is 40.6. The number of rotatable bonds is 17. The molecule has 0 aromatic heterocycles. The van der Waals surface area contributed by atoms with Crippen molar-refractivity contribution in [1.82, 2.24) is 0 Å². The van der Waals surface area contributed by atoms with Crippen LogP contribution in [0.15, 0.2) is 24.3 Å². The molecule has 212 valence electrons. The Morgan fingerprint density at radius 2 is 1.86 bits per heavy atom. The number of carbonyl (C=O) groups excluding carboxylic acids is 3. The van der Waals surface area contributed by atoms with Crippen LogP contribution in [0, 0.1) is 11.8 Å². The first-order chi connectivity index (χ1) is 17.5. The molecule has 37 heavy (non-hydrogen) atoms. The summed E-state index contributed by atoms with van der Waals surface area (Å²) in [6.07, 6.45) is 12.9. The van der Waals surface area contributed by atoms with Crippen LogP contribution in [0.3, 0.4) is 0 Å². The molecule has 0 saturated heterocycles. The van der Waals surface area contributed by atoms with Gasteiger partial charge in [0.1, 0.15) is 11.8 Å². The van der Waals surface area contributed by atoms with Crippen molar-refractivity contribution in [2.45, 2.75) is 95.8 Å². The molecule has 1 rings (SSSR count). The number of hydrogen-bond acceptors (Lipinski definition) is 7. The molecule has 11 nitrogen and oxygen atoms in total. The van der Waals surface area contributed by atoms with Crippen molar-refractivity contribution < 1.29 is 45.5 Å². The Bertz CT molecular complexity index is 766. The minimum absolute atomic E-state index is 0.0344. The monoisotopic (exact) mass is 526 g/mol. The molecule has 2 unspecified atom stereocenters. The molecule has 10 N–H and O–H groups in total. The minimum atomic E-state index is -1.13. The second-order valence-electron chi connectivity index (χ2n) is 9.38. The van der Waals surface area contributed by atoms with E-state index in [1.54, 1.807) is 12.2 Å². The van der Waals surface area contributed by atoms with E-state index < -0.39 is 30.2 Å².